The van der Waals surface area contributed by atoms with E-state index < -0.39 is 0 Å². The summed E-state index contributed by atoms with van der Waals surface area (Å²) in [5.41, 5.74) is 8.79. The predicted octanol–water partition coefficient (Wildman–Crippen LogP) is 8.21. The number of rotatable bonds is 4. The second-order valence-electron chi connectivity index (χ2n) is 9.18. The van der Waals surface area contributed by atoms with Crippen LogP contribution in [-0.4, -0.2) is 16.6 Å². The predicted molar refractivity (Wildman–Crippen MR) is 152 cm³/mol. The van der Waals surface area contributed by atoms with E-state index >= 15 is 0 Å². The van der Waals surface area contributed by atoms with Crippen molar-refractivity contribution in [3.63, 3.8) is 0 Å². The van der Waals surface area contributed by atoms with Crippen molar-refractivity contribution in [2.45, 2.75) is 0 Å². The van der Waals surface area contributed by atoms with Gasteiger partial charge in [-0.15, -0.1) is 0 Å². The number of para-hydroxylation sites is 2. The maximum absolute atomic E-state index is 5.06. The lowest BCUT2D eigenvalue weighted by molar-refractivity contribution is 0.977. The molecule has 5 aromatic carbocycles. The maximum Gasteiger partial charge on any atom is 0.179 e. The van der Waals surface area contributed by atoms with Crippen molar-refractivity contribution in [2.24, 2.45) is 0 Å². The summed E-state index contributed by atoms with van der Waals surface area (Å²) in [5.74, 6) is 1.75. The van der Waals surface area contributed by atoms with Crippen LogP contribution in [0.5, 0.6) is 0 Å². The molecule has 0 atom stereocenters. The first-order valence-electron chi connectivity index (χ1n) is 12.5. The van der Waals surface area contributed by atoms with E-state index in [-0.39, 0.29) is 0 Å². The summed E-state index contributed by atoms with van der Waals surface area (Å²) in [6.07, 6.45) is 0. The minimum atomic E-state index is 0.640. The van der Waals surface area contributed by atoms with Crippen molar-refractivity contribution in [2.75, 3.05) is 16.5 Å². The van der Waals surface area contributed by atoms with Gasteiger partial charge < -0.3 is 9.80 Å². The first-order valence-corrected chi connectivity index (χ1v) is 12.5. The number of fused-ring (bicyclic) bond motifs is 2. The molecular weight excluding hydrogens is 452 g/mol. The van der Waals surface area contributed by atoms with E-state index in [9.17, 15) is 0 Å². The fraction of sp³-hybridized carbons (Fsp3) is 0.0303. The molecule has 4 heteroatoms. The Labute approximate surface area is 216 Å². The van der Waals surface area contributed by atoms with Gasteiger partial charge in [0.1, 0.15) is 6.67 Å². The van der Waals surface area contributed by atoms with Gasteiger partial charge in [0, 0.05) is 11.4 Å². The number of nitrogens with zero attached hydrogens (tertiary/aromatic N) is 4. The summed E-state index contributed by atoms with van der Waals surface area (Å²) in [4.78, 5) is 14.6. The van der Waals surface area contributed by atoms with Crippen LogP contribution < -0.4 is 9.80 Å². The Hall–Kier alpha value is -4.96. The molecule has 7 rings (SSSR count). The van der Waals surface area contributed by atoms with Crippen LogP contribution in [0.4, 0.5) is 23.0 Å². The quantitative estimate of drug-likeness (QED) is 0.257. The van der Waals surface area contributed by atoms with Crippen molar-refractivity contribution in [3.8, 4) is 22.3 Å². The highest BCUT2D eigenvalue weighted by molar-refractivity contribution is 5.89. The molecule has 0 aliphatic carbocycles. The zero-order valence-electron chi connectivity index (χ0n) is 20.2. The molecule has 0 bridgehead atoms. The first kappa shape index (κ1) is 21.3. The molecule has 0 spiro atoms. The molecule has 4 nitrogen and oxygen atoms in total. The second kappa shape index (κ2) is 8.92. The molecule has 1 aromatic heterocycles. The number of hydrogen-bond donors (Lipinski definition) is 0. The molecule has 37 heavy (non-hydrogen) atoms. The van der Waals surface area contributed by atoms with E-state index in [0.29, 0.717) is 6.67 Å². The second-order valence-corrected chi connectivity index (χ2v) is 9.18. The average molecular weight is 477 g/mol. The Morgan fingerprint density at radius 3 is 1.14 bits per heavy atom. The number of aromatic nitrogens is 2. The van der Waals surface area contributed by atoms with Gasteiger partial charge >= 0.3 is 0 Å². The standard InChI is InChI=1S/C33H24N4/c1-3-9-24(10-4-1)26-15-19-28(20-16-26)36-23-37(33-32(36)34-30-13-7-8-14-31(30)35-33)29-21-17-27(18-22-29)25-11-5-2-6-12-25/h1-22H,23H2. The molecule has 0 saturated heterocycles. The Balaban J connectivity index is 1.28. The molecular formula is C33H24N4. The Morgan fingerprint density at radius 2 is 0.730 bits per heavy atom. The van der Waals surface area contributed by atoms with Crippen molar-refractivity contribution in [1.82, 2.24) is 9.97 Å². The lowest BCUT2D eigenvalue weighted by Gasteiger charge is -2.21. The molecule has 0 fully saturated rings. The van der Waals surface area contributed by atoms with Gasteiger partial charge in [0.05, 0.1) is 11.0 Å². The highest BCUT2D eigenvalue weighted by atomic mass is 15.4. The third kappa shape index (κ3) is 3.89. The summed E-state index contributed by atoms with van der Waals surface area (Å²) in [6.45, 7) is 0.640. The summed E-state index contributed by atoms with van der Waals surface area (Å²) in [7, 11) is 0. The van der Waals surface area contributed by atoms with Crippen LogP contribution >= 0.6 is 0 Å². The fourth-order valence-corrected chi connectivity index (χ4v) is 4.96. The smallest absolute Gasteiger partial charge is 0.179 e. The molecule has 6 aromatic rings. The van der Waals surface area contributed by atoms with Crippen molar-refractivity contribution in [3.05, 3.63) is 133 Å². The number of benzene rings is 5. The maximum atomic E-state index is 5.06. The summed E-state index contributed by atoms with van der Waals surface area (Å²) in [6, 6.07) is 46.4. The van der Waals surface area contributed by atoms with Gasteiger partial charge in [-0.1, -0.05) is 97.1 Å². The van der Waals surface area contributed by atoms with Crippen LogP contribution in [0.1, 0.15) is 0 Å². The minimum Gasteiger partial charge on any atom is -0.305 e. The SMILES string of the molecule is c1ccc(-c2ccc(N3CN(c4ccc(-c5ccccc5)cc4)c4nc5ccccc5nc43)cc2)cc1. The van der Waals surface area contributed by atoms with E-state index in [1.54, 1.807) is 0 Å². The summed E-state index contributed by atoms with van der Waals surface area (Å²) in [5, 5.41) is 0. The largest absolute Gasteiger partial charge is 0.305 e. The molecule has 176 valence electrons. The highest BCUT2D eigenvalue weighted by Crippen LogP contribution is 2.43. The lowest BCUT2D eigenvalue weighted by Crippen LogP contribution is -2.24. The molecule has 0 saturated carbocycles. The zero-order valence-corrected chi connectivity index (χ0v) is 20.2. The minimum absolute atomic E-state index is 0.640. The molecule has 1 aliphatic heterocycles. The van der Waals surface area contributed by atoms with Crippen molar-refractivity contribution >= 4 is 34.0 Å². The highest BCUT2D eigenvalue weighted by Gasteiger charge is 2.31. The monoisotopic (exact) mass is 476 g/mol. The molecule has 0 radical (unpaired) electrons. The average Bonchev–Trinajstić information content (AvgIpc) is 3.35. The summed E-state index contributed by atoms with van der Waals surface area (Å²) < 4.78 is 0. The Morgan fingerprint density at radius 1 is 0.378 bits per heavy atom. The van der Waals surface area contributed by atoms with Gasteiger partial charge in [-0.2, -0.15) is 0 Å². The summed E-state index contributed by atoms with van der Waals surface area (Å²) >= 11 is 0. The fourth-order valence-electron chi connectivity index (χ4n) is 4.96. The van der Waals surface area contributed by atoms with Gasteiger partial charge in [0.25, 0.3) is 0 Å². The van der Waals surface area contributed by atoms with E-state index in [0.717, 1.165) is 34.0 Å². The third-order valence-electron chi connectivity index (χ3n) is 6.90. The number of hydrogen-bond acceptors (Lipinski definition) is 4. The Kier molecular flexibility index (Phi) is 5.14. The first-order chi connectivity index (χ1) is 18.3. The van der Waals surface area contributed by atoms with Gasteiger partial charge in [-0.25, -0.2) is 9.97 Å². The van der Waals surface area contributed by atoms with Crippen LogP contribution in [0.2, 0.25) is 0 Å². The lowest BCUT2D eigenvalue weighted by atomic mass is 10.1. The van der Waals surface area contributed by atoms with E-state index in [1.807, 2.05) is 36.4 Å². The van der Waals surface area contributed by atoms with Crippen LogP contribution in [0.15, 0.2) is 133 Å². The third-order valence-corrected chi connectivity index (χ3v) is 6.90. The van der Waals surface area contributed by atoms with Crippen molar-refractivity contribution in [1.29, 1.82) is 0 Å². The van der Waals surface area contributed by atoms with Gasteiger partial charge in [0.2, 0.25) is 0 Å². The molecule has 0 amide bonds. The van der Waals surface area contributed by atoms with E-state index in [4.69, 9.17) is 9.97 Å². The molecule has 0 unspecified atom stereocenters. The molecule has 1 aliphatic rings. The van der Waals surface area contributed by atoms with Gasteiger partial charge in [0.15, 0.2) is 11.6 Å². The topological polar surface area (TPSA) is 32.3 Å². The van der Waals surface area contributed by atoms with Gasteiger partial charge in [-0.05, 0) is 58.7 Å². The zero-order chi connectivity index (χ0) is 24.6. The van der Waals surface area contributed by atoms with E-state index in [2.05, 4.69) is 107 Å². The van der Waals surface area contributed by atoms with Crippen LogP contribution in [-0.2, 0) is 0 Å². The van der Waals surface area contributed by atoms with Crippen molar-refractivity contribution < 1.29 is 0 Å². The Bertz CT molecular complexity index is 1550. The normalized spacial score (nSPS) is 12.6. The molecule has 0 N–H and O–H groups in total. The number of anilines is 4. The van der Waals surface area contributed by atoms with Crippen LogP contribution in [0, 0.1) is 0 Å². The molecule has 2 heterocycles. The van der Waals surface area contributed by atoms with E-state index in [1.165, 1.54) is 22.3 Å². The van der Waals surface area contributed by atoms with Crippen LogP contribution in [0.3, 0.4) is 0 Å². The van der Waals surface area contributed by atoms with Crippen LogP contribution in [0.25, 0.3) is 33.3 Å². The van der Waals surface area contributed by atoms with Gasteiger partial charge in [-0.3, -0.25) is 0 Å².